The standard InChI is InChI=1S/C25H43NO4S/c1-16-14-20-23(3)11-9-12-25(5,22(28)26(6)29-7)19(23)10-13-24(20,4)21(30-17(2)27)18(16)15-31-8/h16,18-21H,9-15H2,1-8H3/t16-,18-,19-,20-,21+,23+,24-,25+/m0/s1. The zero-order valence-corrected chi connectivity index (χ0v) is 21.6. The Hall–Kier alpha value is -0.750. The maximum atomic E-state index is 13.4. The van der Waals surface area contributed by atoms with Gasteiger partial charge in [0, 0.05) is 25.3 Å². The van der Waals surface area contributed by atoms with E-state index in [0.717, 1.165) is 44.3 Å². The van der Waals surface area contributed by atoms with Crippen LogP contribution in [0.3, 0.4) is 0 Å². The fourth-order valence-electron chi connectivity index (χ4n) is 8.12. The van der Waals surface area contributed by atoms with Gasteiger partial charge in [0.25, 0.3) is 5.91 Å². The number of amides is 1. The Kier molecular flexibility index (Phi) is 7.13. The van der Waals surface area contributed by atoms with Gasteiger partial charge < -0.3 is 4.74 Å². The molecular formula is C25H43NO4S. The summed E-state index contributed by atoms with van der Waals surface area (Å²) < 4.78 is 6.13. The SMILES string of the molecule is CON(C)C(=O)[C@]1(C)CCC[C@@]2(C)[C@@H]3C[C@H](C)[C@H](CSC)[C@@H](OC(C)=O)[C@@]3(C)CC[C@@H]21. The summed E-state index contributed by atoms with van der Waals surface area (Å²) in [6.07, 6.45) is 8.38. The van der Waals surface area contributed by atoms with Crippen molar-refractivity contribution >= 4 is 23.6 Å². The lowest BCUT2D eigenvalue weighted by atomic mass is 9.39. The van der Waals surface area contributed by atoms with E-state index in [1.54, 1.807) is 21.1 Å². The zero-order valence-electron chi connectivity index (χ0n) is 20.8. The lowest BCUT2D eigenvalue weighted by Crippen LogP contribution is -2.65. The highest BCUT2D eigenvalue weighted by Crippen LogP contribution is 2.69. The van der Waals surface area contributed by atoms with E-state index in [9.17, 15) is 9.59 Å². The highest BCUT2D eigenvalue weighted by molar-refractivity contribution is 7.98. The molecule has 0 aromatic rings. The number of carbonyl (C=O) groups is 2. The smallest absolute Gasteiger partial charge is 0.302 e. The Balaban J connectivity index is 2.02. The number of hydrogen-bond donors (Lipinski definition) is 0. The predicted octanol–water partition coefficient (Wildman–Crippen LogP) is 5.19. The Morgan fingerprint density at radius 1 is 1.10 bits per heavy atom. The summed E-state index contributed by atoms with van der Waals surface area (Å²) >= 11 is 1.86. The van der Waals surface area contributed by atoms with Gasteiger partial charge in [0.05, 0.1) is 12.5 Å². The summed E-state index contributed by atoms with van der Waals surface area (Å²) in [6, 6.07) is 0. The first-order valence-corrected chi connectivity index (χ1v) is 13.3. The molecule has 1 amide bonds. The fourth-order valence-corrected chi connectivity index (χ4v) is 9.01. The van der Waals surface area contributed by atoms with Crippen LogP contribution in [0.5, 0.6) is 0 Å². The lowest BCUT2D eigenvalue weighted by molar-refractivity contribution is -0.227. The van der Waals surface area contributed by atoms with Gasteiger partial charge in [-0.1, -0.05) is 34.1 Å². The summed E-state index contributed by atoms with van der Waals surface area (Å²) in [7, 11) is 3.30. The minimum absolute atomic E-state index is 0.0434. The second-order valence-corrected chi connectivity index (χ2v) is 12.2. The third kappa shape index (κ3) is 3.94. The van der Waals surface area contributed by atoms with Crippen molar-refractivity contribution < 1.29 is 19.2 Å². The molecule has 3 fully saturated rings. The van der Waals surface area contributed by atoms with Crippen LogP contribution < -0.4 is 0 Å². The molecule has 0 aromatic heterocycles. The molecule has 31 heavy (non-hydrogen) atoms. The highest BCUT2D eigenvalue weighted by Gasteiger charge is 2.66. The van der Waals surface area contributed by atoms with Crippen molar-refractivity contribution in [3.8, 4) is 0 Å². The van der Waals surface area contributed by atoms with Crippen LogP contribution in [0.4, 0.5) is 0 Å². The third-order valence-electron chi connectivity index (χ3n) is 9.62. The molecule has 0 heterocycles. The Morgan fingerprint density at radius 3 is 2.35 bits per heavy atom. The zero-order chi connectivity index (χ0) is 23.2. The van der Waals surface area contributed by atoms with E-state index in [-0.39, 0.29) is 28.8 Å². The number of esters is 1. The van der Waals surface area contributed by atoms with Gasteiger partial charge in [0.2, 0.25) is 0 Å². The molecule has 0 aromatic carbocycles. The van der Waals surface area contributed by atoms with E-state index in [2.05, 4.69) is 34.0 Å². The summed E-state index contributed by atoms with van der Waals surface area (Å²) in [5.74, 6) is 2.61. The van der Waals surface area contributed by atoms with Crippen LogP contribution in [-0.4, -0.2) is 49.2 Å². The number of thioether (sulfide) groups is 1. The molecule has 0 spiro atoms. The van der Waals surface area contributed by atoms with Crippen molar-refractivity contribution in [2.45, 2.75) is 79.2 Å². The third-order valence-corrected chi connectivity index (χ3v) is 10.3. The molecule has 0 radical (unpaired) electrons. The van der Waals surface area contributed by atoms with E-state index >= 15 is 0 Å². The van der Waals surface area contributed by atoms with Gasteiger partial charge >= 0.3 is 5.97 Å². The van der Waals surface area contributed by atoms with Crippen LogP contribution >= 0.6 is 11.8 Å². The molecule has 0 N–H and O–H groups in total. The van der Waals surface area contributed by atoms with Gasteiger partial charge in [-0.05, 0) is 67.3 Å². The number of carbonyl (C=O) groups excluding carboxylic acids is 2. The Bertz CT molecular complexity index is 701. The first kappa shape index (κ1) is 24.9. The van der Waals surface area contributed by atoms with Crippen LogP contribution in [-0.2, 0) is 19.2 Å². The molecule has 3 saturated carbocycles. The number of ether oxygens (including phenoxy) is 1. The highest BCUT2D eigenvalue weighted by atomic mass is 32.2. The fraction of sp³-hybridized carbons (Fsp3) is 0.920. The Labute approximate surface area is 193 Å². The largest absolute Gasteiger partial charge is 0.462 e. The van der Waals surface area contributed by atoms with E-state index in [1.165, 1.54) is 5.06 Å². The second-order valence-electron chi connectivity index (χ2n) is 11.3. The number of hydroxylamine groups is 2. The first-order chi connectivity index (χ1) is 14.5. The number of hydrogen-bond acceptors (Lipinski definition) is 5. The molecule has 3 aliphatic carbocycles. The van der Waals surface area contributed by atoms with Crippen LogP contribution in [0.15, 0.2) is 0 Å². The average Bonchev–Trinajstić information content (AvgIpc) is 2.70. The van der Waals surface area contributed by atoms with Gasteiger partial charge in [0.15, 0.2) is 0 Å². The van der Waals surface area contributed by atoms with Gasteiger partial charge in [-0.25, -0.2) is 5.06 Å². The van der Waals surface area contributed by atoms with E-state index < -0.39 is 5.41 Å². The molecule has 0 aliphatic heterocycles. The van der Waals surface area contributed by atoms with Crippen LogP contribution in [0.2, 0.25) is 0 Å². The van der Waals surface area contributed by atoms with E-state index in [1.807, 2.05) is 11.8 Å². The molecule has 8 atom stereocenters. The minimum atomic E-state index is -0.407. The van der Waals surface area contributed by atoms with Gasteiger partial charge in [-0.15, -0.1) is 0 Å². The number of nitrogens with zero attached hydrogens (tertiary/aromatic N) is 1. The summed E-state index contributed by atoms with van der Waals surface area (Å²) in [5, 5.41) is 1.43. The van der Waals surface area contributed by atoms with E-state index in [4.69, 9.17) is 9.57 Å². The normalized spacial score (nSPS) is 44.7. The maximum Gasteiger partial charge on any atom is 0.302 e. The van der Waals surface area contributed by atoms with Crippen LogP contribution in [0.25, 0.3) is 0 Å². The quantitative estimate of drug-likeness (QED) is 0.424. The van der Waals surface area contributed by atoms with Crippen molar-refractivity contribution in [1.82, 2.24) is 5.06 Å². The summed E-state index contributed by atoms with van der Waals surface area (Å²) in [5.41, 5.74) is -0.394. The number of fused-ring (bicyclic) bond motifs is 3. The molecule has 6 heteroatoms. The van der Waals surface area contributed by atoms with Gasteiger partial charge in [0.1, 0.15) is 6.10 Å². The predicted molar refractivity (Wildman–Crippen MR) is 125 cm³/mol. The Morgan fingerprint density at radius 2 is 1.77 bits per heavy atom. The second kappa shape index (κ2) is 8.89. The molecular weight excluding hydrogens is 410 g/mol. The average molecular weight is 454 g/mol. The number of rotatable bonds is 5. The van der Waals surface area contributed by atoms with E-state index in [0.29, 0.717) is 23.7 Å². The molecule has 0 saturated heterocycles. The molecule has 3 aliphatic rings. The van der Waals surface area contributed by atoms with Crippen molar-refractivity contribution in [2.75, 3.05) is 26.2 Å². The topological polar surface area (TPSA) is 55.8 Å². The monoisotopic (exact) mass is 453 g/mol. The molecule has 178 valence electrons. The molecule has 0 bridgehead atoms. The summed E-state index contributed by atoms with van der Waals surface area (Å²) in [4.78, 5) is 30.9. The first-order valence-electron chi connectivity index (χ1n) is 11.9. The van der Waals surface area contributed by atoms with Crippen LogP contribution in [0, 0.1) is 39.9 Å². The lowest BCUT2D eigenvalue weighted by Gasteiger charge is -2.67. The van der Waals surface area contributed by atoms with Crippen molar-refractivity contribution in [1.29, 1.82) is 0 Å². The van der Waals surface area contributed by atoms with Crippen molar-refractivity contribution in [2.24, 2.45) is 39.9 Å². The van der Waals surface area contributed by atoms with Crippen LogP contribution in [0.1, 0.15) is 73.1 Å². The minimum Gasteiger partial charge on any atom is -0.462 e. The maximum absolute atomic E-state index is 13.4. The molecule has 5 nitrogen and oxygen atoms in total. The van der Waals surface area contributed by atoms with Crippen molar-refractivity contribution in [3.63, 3.8) is 0 Å². The molecule has 0 unspecified atom stereocenters. The summed E-state index contributed by atoms with van der Waals surface area (Å²) in [6.45, 7) is 10.9. The van der Waals surface area contributed by atoms with Gasteiger partial charge in [-0.2, -0.15) is 11.8 Å². The molecule has 3 rings (SSSR count). The van der Waals surface area contributed by atoms with Gasteiger partial charge in [-0.3, -0.25) is 14.4 Å². The van der Waals surface area contributed by atoms with Crippen molar-refractivity contribution in [3.05, 3.63) is 0 Å².